The first-order valence-electron chi connectivity index (χ1n) is 5.64. The van der Waals surface area contributed by atoms with Crippen LogP contribution in [0, 0.1) is 6.92 Å². The number of pyridine rings is 1. The predicted molar refractivity (Wildman–Crippen MR) is 73.0 cm³/mol. The third-order valence-corrected chi connectivity index (χ3v) is 3.13. The van der Waals surface area contributed by atoms with Crippen LogP contribution < -0.4 is 10.5 Å². The number of aryl methyl sites for hydroxylation is 1. The summed E-state index contributed by atoms with van der Waals surface area (Å²) < 4.78 is 5.27. The molecule has 4 heteroatoms. The van der Waals surface area contributed by atoms with Crippen LogP contribution in [0.1, 0.15) is 22.9 Å². The van der Waals surface area contributed by atoms with Crippen LogP contribution in [-0.2, 0) is 0 Å². The van der Waals surface area contributed by atoms with Gasteiger partial charge in [0.05, 0.1) is 13.2 Å². The summed E-state index contributed by atoms with van der Waals surface area (Å²) >= 11 is 6.22. The molecule has 94 valence electrons. The van der Waals surface area contributed by atoms with E-state index in [1.807, 2.05) is 37.3 Å². The molecule has 1 aromatic carbocycles. The van der Waals surface area contributed by atoms with Gasteiger partial charge in [-0.3, -0.25) is 4.98 Å². The van der Waals surface area contributed by atoms with Crippen molar-refractivity contribution in [2.45, 2.75) is 13.0 Å². The maximum absolute atomic E-state index is 6.22. The molecule has 0 aliphatic heterocycles. The van der Waals surface area contributed by atoms with Crippen molar-refractivity contribution < 1.29 is 4.74 Å². The van der Waals surface area contributed by atoms with E-state index in [0.29, 0.717) is 16.5 Å². The highest BCUT2D eigenvalue weighted by Gasteiger charge is 2.17. The van der Waals surface area contributed by atoms with Crippen LogP contribution in [0.25, 0.3) is 0 Å². The fraction of sp³-hybridized carbons (Fsp3) is 0.214. The number of hydrogen-bond donors (Lipinski definition) is 1. The van der Waals surface area contributed by atoms with Gasteiger partial charge >= 0.3 is 0 Å². The zero-order chi connectivity index (χ0) is 13.1. The molecule has 1 unspecified atom stereocenters. The Kier molecular flexibility index (Phi) is 3.84. The lowest BCUT2D eigenvalue weighted by atomic mass is 10.0. The summed E-state index contributed by atoms with van der Waals surface area (Å²) in [5.41, 5.74) is 8.85. The fourth-order valence-corrected chi connectivity index (χ4v) is 2.19. The Balaban J connectivity index is 2.44. The summed E-state index contributed by atoms with van der Waals surface area (Å²) in [5.74, 6) is 0.668. The molecule has 0 amide bonds. The molecule has 0 saturated carbocycles. The minimum Gasteiger partial charge on any atom is -0.495 e. The lowest BCUT2D eigenvalue weighted by Gasteiger charge is -2.16. The second-order valence-electron chi connectivity index (χ2n) is 4.09. The van der Waals surface area contributed by atoms with Gasteiger partial charge in [0.1, 0.15) is 11.4 Å². The van der Waals surface area contributed by atoms with Gasteiger partial charge in [0.25, 0.3) is 0 Å². The highest BCUT2D eigenvalue weighted by atomic mass is 35.5. The van der Waals surface area contributed by atoms with Crippen LogP contribution in [0.4, 0.5) is 0 Å². The minimum atomic E-state index is -0.394. The molecule has 0 aliphatic carbocycles. The average molecular weight is 263 g/mol. The quantitative estimate of drug-likeness (QED) is 0.925. The number of nitrogens with zero attached hydrogens (tertiary/aromatic N) is 1. The Morgan fingerprint density at radius 3 is 2.78 bits per heavy atom. The first kappa shape index (κ1) is 12.9. The van der Waals surface area contributed by atoms with Crippen molar-refractivity contribution in [3.05, 3.63) is 58.4 Å². The number of benzene rings is 1. The van der Waals surface area contributed by atoms with Gasteiger partial charge in [-0.05, 0) is 36.2 Å². The van der Waals surface area contributed by atoms with Crippen molar-refractivity contribution in [2.24, 2.45) is 5.73 Å². The largest absolute Gasteiger partial charge is 0.495 e. The number of methoxy groups -OCH3 is 1. The van der Waals surface area contributed by atoms with E-state index in [1.165, 1.54) is 0 Å². The second-order valence-corrected chi connectivity index (χ2v) is 4.50. The Hall–Kier alpha value is -1.58. The van der Waals surface area contributed by atoms with Gasteiger partial charge < -0.3 is 10.5 Å². The number of nitrogens with two attached hydrogens (primary N) is 1. The molecule has 3 nitrogen and oxygen atoms in total. The summed E-state index contributed by atoms with van der Waals surface area (Å²) in [5, 5.41) is 0.648. The van der Waals surface area contributed by atoms with Crippen LogP contribution in [0.15, 0.2) is 36.5 Å². The van der Waals surface area contributed by atoms with Crippen LogP contribution >= 0.6 is 11.6 Å². The molecular formula is C14H15ClN2O. The Morgan fingerprint density at radius 2 is 2.11 bits per heavy atom. The Morgan fingerprint density at radius 1 is 1.33 bits per heavy atom. The monoisotopic (exact) mass is 262 g/mol. The van der Waals surface area contributed by atoms with Gasteiger partial charge in [0.2, 0.25) is 0 Å². The Bertz CT molecular complexity index is 557. The number of aromatic nitrogens is 1. The molecule has 0 fully saturated rings. The van der Waals surface area contributed by atoms with Gasteiger partial charge in [-0.2, -0.15) is 0 Å². The fourth-order valence-electron chi connectivity index (χ4n) is 1.84. The molecule has 1 aromatic heterocycles. The minimum absolute atomic E-state index is 0.394. The number of hydrogen-bond acceptors (Lipinski definition) is 3. The van der Waals surface area contributed by atoms with Crippen LogP contribution in [0.3, 0.4) is 0 Å². The predicted octanol–water partition coefficient (Wildman–Crippen LogP) is 3.10. The third kappa shape index (κ3) is 2.47. The van der Waals surface area contributed by atoms with Crippen LogP contribution in [0.5, 0.6) is 5.75 Å². The molecule has 2 aromatic rings. The van der Waals surface area contributed by atoms with E-state index < -0.39 is 6.04 Å². The first-order chi connectivity index (χ1) is 8.63. The van der Waals surface area contributed by atoms with Crippen molar-refractivity contribution in [3.8, 4) is 5.75 Å². The lowest BCUT2D eigenvalue weighted by molar-refractivity contribution is 0.404. The molecule has 2 N–H and O–H groups in total. The summed E-state index contributed by atoms with van der Waals surface area (Å²) in [4.78, 5) is 4.28. The van der Waals surface area contributed by atoms with E-state index in [1.54, 1.807) is 13.3 Å². The maximum Gasteiger partial charge on any atom is 0.142 e. The van der Waals surface area contributed by atoms with E-state index in [0.717, 1.165) is 11.1 Å². The standard InChI is InChI=1S/C14H15ClN2O/c1-9-5-6-10(11(15)8-9)13(16)14-12(18-2)4-3-7-17-14/h3-8,13H,16H2,1-2H3. The lowest BCUT2D eigenvalue weighted by Crippen LogP contribution is -2.15. The van der Waals surface area contributed by atoms with Crippen LogP contribution in [-0.4, -0.2) is 12.1 Å². The molecule has 0 aliphatic rings. The molecule has 0 spiro atoms. The van der Waals surface area contributed by atoms with Crippen molar-refractivity contribution in [1.82, 2.24) is 4.98 Å². The topological polar surface area (TPSA) is 48.1 Å². The van der Waals surface area contributed by atoms with Gasteiger partial charge in [-0.1, -0.05) is 23.7 Å². The maximum atomic E-state index is 6.22. The van der Waals surface area contributed by atoms with E-state index in [9.17, 15) is 0 Å². The number of ether oxygens (including phenoxy) is 1. The average Bonchev–Trinajstić information content (AvgIpc) is 2.38. The summed E-state index contributed by atoms with van der Waals surface area (Å²) in [7, 11) is 1.60. The second kappa shape index (κ2) is 5.38. The van der Waals surface area contributed by atoms with Crippen molar-refractivity contribution in [3.63, 3.8) is 0 Å². The third-order valence-electron chi connectivity index (χ3n) is 2.81. The van der Waals surface area contributed by atoms with Crippen molar-refractivity contribution in [2.75, 3.05) is 7.11 Å². The first-order valence-corrected chi connectivity index (χ1v) is 6.02. The SMILES string of the molecule is COc1cccnc1C(N)c1ccc(C)cc1Cl. The summed E-state index contributed by atoms with van der Waals surface area (Å²) in [6.07, 6.45) is 1.69. The summed E-state index contributed by atoms with van der Waals surface area (Å²) in [6.45, 7) is 1.99. The molecule has 1 atom stereocenters. The molecule has 18 heavy (non-hydrogen) atoms. The molecule has 0 saturated heterocycles. The Labute approximate surface area is 112 Å². The molecule has 2 rings (SSSR count). The molecule has 0 bridgehead atoms. The van der Waals surface area contributed by atoms with Gasteiger partial charge in [-0.25, -0.2) is 0 Å². The number of rotatable bonds is 3. The highest BCUT2D eigenvalue weighted by molar-refractivity contribution is 6.31. The number of halogens is 1. The molecule has 1 heterocycles. The zero-order valence-electron chi connectivity index (χ0n) is 10.4. The van der Waals surface area contributed by atoms with Gasteiger partial charge in [0, 0.05) is 11.2 Å². The molecule has 0 radical (unpaired) electrons. The van der Waals surface area contributed by atoms with Gasteiger partial charge in [0.15, 0.2) is 0 Å². The van der Waals surface area contributed by atoms with Crippen molar-refractivity contribution >= 4 is 11.6 Å². The smallest absolute Gasteiger partial charge is 0.142 e. The van der Waals surface area contributed by atoms with E-state index >= 15 is 0 Å². The van der Waals surface area contributed by atoms with E-state index in [-0.39, 0.29) is 0 Å². The highest BCUT2D eigenvalue weighted by Crippen LogP contribution is 2.30. The van der Waals surface area contributed by atoms with E-state index in [2.05, 4.69) is 4.98 Å². The normalized spacial score (nSPS) is 12.2. The van der Waals surface area contributed by atoms with Crippen LogP contribution in [0.2, 0.25) is 5.02 Å². The van der Waals surface area contributed by atoms with Crippen molar-refractivity contribution in [1.29, 1.82) is 0 Å². The molecular weight excluding hydrogens is 248 g/mol. The van der Waals surface area contributed by atoms with E-state index in [4.69, 9.17) is 22.1 Å². The van der Waals surface area contributed by atoms with Gasteiger partial charge in [-0.15, -0.1) is 0 Å². The zero-order valence-corrected chi connectivity index (χ0v) is 11.1. The summed E-state index contributed by atoms with van der Waals surface area (Å²) in [6, 6.07) is 9.06.